The Morgan fingerprint density at radius 2 is 2.14 bits per heavy atom. The van der Waals surface area contributed by atoms with Crippen molar-refractivity contribution in [2.24, 2.45) is 5.92 Å². The molecule has 1 fully saturated rings. The fourth-order valence-corrected chi connectivity index (χ4v) is 2.96. The number of rotatable bonds is 5. The molecule has 2 aromatic rings. The van der Waals surface area contributed by atoms with Crippen molar-refractivity contribution in [3.63, 3.8) is 0 Å². The van der Waals surface area contributed by atoms with Crippen LogP contribution in [0.2, 0.25) is 0 Å². The molecule has 1 aliphatic carbocycles. The normalized spacial score (nSPS) is 23.3. The number of nitrogens with zero attached hydrogens (tertiary/aromatic N) is 3. The minimum atomic E-state index is -0.126. The van der Waals surface area contributed by atoms with Crippen molar-refractivity contribution in [2.45, 2.75) is 38.3 Å². The highest BCUT2D eigenvalue weighted by atomic mass is 16.3. The Hall–Kier alpha value is -1.72. The number of hydrogen-bond donors (Lipinski definition) is 2. The molecule has 3 rings (SSSR count). The molecule has 0 bridgehead atoms. The van der Waals surface area contributed by atoms with Gasteiger partial charge in [0.2, 0.25) is 0 Å². The molecule has 1 aromatic carbocycles. The second kappa shape index (κ2) is 6.37. The van der Waals surface area contributed by atoms with Crippen LogP contribution >= 0.6 is 0 Å². The molecule has 3 atom stereocenters. The van der Waals surface area contributed by atoms with Gasteiger partial charge < -0.3 is 10.4 Å². The standard InChI is InChI=1S/C16H22N4O/c1-12(18-9-14-3-2-4-16(14)21)13-5-7-15(8-6-13)20-11-17-10-19-20/h5-8,10-12,14,16,18,21H,2-4,9H2,1H3/t12?,14-,16+/m1/s1. The van der Waals surface area contributed by atoms with E-state index in [1.807, 2.05) is 12.1 Å². The second-order valence-electron chi connectivity index (χ2n) is 5.82. The first-order valence-electron chi connectivity index (χ1n) is 7.60. The molecule has 0 radical (unpaired) electrons. The van der Waals surface area contributed by atoms with Gasteiger partial charge in [-0.05, 0) is 43.4 Å². The van der Waals surface area contributed by atoms with Gasteiger partial charge in [-0.2, -0.15) is 5.10 Å². The molecule has 1 aromatic heterocycles. The van der Waals surface area contributed by atoms with Gasteiger partial charge in [0.25, 0.3) is 0 Å². The Morgan fingerprint density at radius 3 is 2.76 bits per heavy atom. The molecule has 0 aliphatic heterocycles. The molecule has 2 N–H and O–H groups in total. The molecule has 21 heavy (non-hydrogen) atoms. The molecule has 5 heteroatoms. The van der Waals surface area contributed by atoms with E-state index < -0.39 is 0 Å². The van der Waals surface area contributed by atoms with E-state index in [4.69, 9.17) is 0 Å². The fourth-order valence-electron chi connectivity index (χ4n) is 2.96. The third-order valence-corrected chi connectivity index (χ3v) is 4.38. The fraction of sp³-hybridized carbons (Fsp3) is 0.500. The molecule has 1 aliphatic rings. The highest BCUT2D eigenvalue weighted by Gasteiger charge is 2.25. The summed E-state index contributed by atoms with van der Waals surface area (Å²) in [4.78, 5) is 3.95. The maximum absolute atomic E-state index is 9.86. The predicted molar refractivity (Wildman–Crippen MR) is 81.1 cm³/mol. The number of hydrogen-bond acceptors (Lipinski definition) is 4. The number of aromatic nitrogens is 3. The van der Waals surface area contributed by atoms with Crippen molar-refractivity contribution < 1.29 is 5.11 Å². The van der Waals surface area contributed by atoms with Gasteiger partial charge in [-0.15, -0.1) is 0 Å². The average Bonchev–Trinajstić information content (AvgIpc) is 3.17. The van der Waals surface area contributed by atoms with Crippen LogP contribution in [0.1, 0.15) is 37.8 Å². The molecule has 0 spiro atoms. The Morgan fingerprint density at radius 1 is 1.33 bits per heavy atom. The minimum Gasteiger partial charge on any atom is -0.393 e. The zero-order valence-electron chi connectivity index (χ0n) is 12.3. The average molecular weight is 286 g/mol. The Balaban J connectivity index is 1.58. The van der Waals surface area contributed by atoms with Crippen molar-refractivity contribution >= 4 is 0 Å². The molecule has 0 amide bonds. The van der Waals surface area contributed by atoms with Crippen molar-refractivity contribution in [1.29, 1.82) is 0 Å². The minimum absolute atomic E-state index is 0.126. The van der Waals surface area contributed by atoms with Gasteiger partial charge in [-0.1, -0.05) is 18.6 Å². The lowest BCUT2D eigenvalue weighted by Gasteiger charge is -2.20. The van der Waals surface area contributed by atoms with Gasteiger partial charge in [0.05, 0.1) is 11.8 Å². The summed E-state index contributed by atoms with van der Waals surface area (Å²) >= 11 is 0. The van der Waals surface area contributed by atoms with Gasteiger partial charge in [0.15, 0.2) is 0 Å². The summed E-state index contributed by atoms with van der Waals surface area (Å²) < 4.78 is 1.75. The summed E-state index contributed by atoms with van der Waals surface area (Å²) in [6.07, 6.45) is 6.33. The first kappa shape index (κ1) is 14.2. The van der Waals surface area contributed by atoms with Crippen LogP contribution in [0.5, 0.6) is 0 Å². The Labute approximate surface area is 125 Å². The molecule has 112 valence electrons. The highest BCUT2D eigenvalue weighted by molar-refractivity contribution is 5.34. The van der Waals surface area contributed by atoms with Crippen LogP contribution in [0.3, 0.4) is 0 Å². The lowest BCUT2D eigenvalue weighted by Crippen LogP contribution is -2.29. The van der Waals surface area contributed by atoms with Gasteiger partial charge in [-0.3, -0.25) is 0 Å². The van der Waals surface area contributed by atoms with Gasteiger partial charge >= 0.3 is 0 Å². The van der Waals surface area contributed by atoms with Gasteiger partial charge in [0.1, 0.15) is 12.7 Å². The summed E-state index contributed by atoms with van der Waals surface area (Å²) in [7, 11) is 0. The second-order valence-corrected chi connectivity index (χ2v) is 5.82. The monoisotopic (exact) mass is 286 g/mol. The number of aliphatic hydroxyl groups excluding tert-OH is 1. The van der Waals surface area contributed by atoms with E-state index in [0.717, 1.165) is 31.5 Å². The summed E-state index contributed by atoms with van der Waals surface area (Å²) in [5.41, 5.74) is 2.25. The van der Waals surface area contributed by atoms with E-state index >= 15 is 0 Å². The molecule has 1 saturated carbocycles. The predicted octanol–water partition coefficient (Wildman–Crippen LogP) is 2.08. The molecular weight excluding hydrogens is 264 g/mol. The summed E-state index contributed by atoms with van der Waals surface area (Å²) in [5, 5.41) is 17.5. The van der Waals surface area contributed by atoms with Gasteiger partial charge in [0, 0.05) is 12.6 Å². The third-order valence-electron chi connectivity index (χ3n) is 4.38. The van der Waals surface area contributed by atoms with Gasteiger partial charge in [-0.25, -0.2) is 9.67 Å². The van der Waals surface area contributed by atoms with E-state index in [9.17, 15) is 5.11 Å². The van der Waals surface area contributed by atoms with E-state index in [0.29, 0.717) is 5.92 Å². The van der Waals surface area contributed by atoms with E-state index in [-0.39, 0.29) is 12.1 Å². The van der Waals surface area contributed by atoms with Crippen LogP contribution in [0.4, 0.5) is 0 Å². The lowest BCUT2D eigenvalue weighted by atomic mass is 10.0. The zero-order chi connectivity index (χ0) is 14.7. The molecule has 1 unspecified atom stereocenters. The van der Waals surface area contributed by atoms with Crippen LogP contribution in [-0.4, -0.2) is 32.5 Å². The molecule has 5 nitrogen and oxygen atoms in total. The van der Waals surface area contributed by atoms with Crippen LogP contribution in [0.15, 0.2) is 36.9 Å². The quantitative estimate of drug-likeness (QED) is 0.883. The van der Waals surface area contributed by atoms with E-state index in [1.54, 1.807) is 11.0 Å². The number of aliphatic hydroxyl groups is 1. The smallest absolute Gasteiger partial charge is 0.138 e. The molecular formula is C16H22N4O. The van der Waals surface area contributed by atoms with Crippen LogP contribution in [0, 0.1) is 5.92 Å². The zero-order valence-corrected chi connectivity index (χ0v) is 12.3. The Kier molecular flexibility index (Phi) is 4.31. The Bertz CT molecular complexity index is 552. The SMILES string of the molecule is CC(NC[C@H]1CCC[C@@H]1O)c1ccc(-n2cncn2)cc1. The van der Waals surface area contributed by atoms with Crippen molar-refractivity contribution in [1.82, 2.24) is 20.1 Å². The first-order chi connectivity index (χ1) is 10.2. The van der Waals surface area contributed by atoms with Crippen molar-refractivity contribution in [2.75, 3.05) is 6.54 Å². The molecule has 0 saturated heterocycles. The van der Waals surface area contributed by atoms with Crippen LogP contribution in [-0.2, 0) is 0 Å². The first-order valence-corrected chi connectivity index (χ1v) is 7.60. The third kappa shape index (κ3) is 3.31. The summed E-state index contributed by atoms with van der Waals surface area (Å²) in [6.45, 7) is 3.04. The van der Waals surface area contributed by atoms with Crippen molar-refractivity contribution in [3.05, 3.63) is 42.5 Å². The number of nitrogens with one attached hydrogen (secondary N) is 1. The largest absolute Gasteiger partial charge is 0.393 e. The summed E-state index contributed by atoms with van der Waals surface area (Å²) in [6, 6.07) is 8.60. The maximum atomic E-state index is 9.86. The van der Waals surface area contributed by atoms with Crippen LogP contribution in [0.25, 0.3) is 5.69 Å². The van der Waals surface area contributed by atoms with E-state index in [2.05, 4.69) is 34.5 Å². The summed E-state index contributed by atoms with van der Waals surface area (Å²) in [5.74, 6) is 0.405. The van der Waals surface area contributed by atoms with Crippen molar-refractivity contribution in [3.8, 4) is 5.69 Å². The molecule has 1 heterocycles. The van der Waals surface area contributed by atoms with Crippen LogP contribution < -0.4 is 5.32 Å². The lowest BCUT2D eigenvalue weighted by molar-refractivity contribution is 0.130. The number of benzene rings is 1. The maximum Gasteiger partial charge on any atom is 0.138 e. The van der Waals surface area contributed by atoms with E-state index in [1.165, 1.54) is 11.9 Å². The highest BCUT2D eigenvalue weighted by Crippen LogP contribution is 2.25. The topological polar surface area (TPSA) is 63.0 Å².